The van der Waals surface area contributed by atoms with Gasteiger partial charge in [-0.15, -0.1) is 0 Å². The third kappa shape index (κ3) is 2.39. The van der Waals surface area contributed by atoms with E-state index in [4.69, 9.17) is 16.3 Å². The number of ether oxygens (including phenoxy) is 1. The normalized spacial score (nSPS) is 11.5. The Hall–Kier alpha value is -0.990. The number of halogens is 1. The first-order valence-electron chi connectivity index (χ1n) is 5.53. The molecule has 1 heterocycles. The summed E-state index contributed by atoms with van der Waals surface area (Å²) >= 11 is 6.18. The van der Waals surface area contributed by atoms with E-state index in [0.717, 1.165) is 17.1 Å². The van der Waals surface area contributed by atoms with Crippen molar-refractivity contribution >= 4 is 22.5 Å². The average molecular weight is 238 g/mol. The van der Waals surface area contributed by atoms with Crippen LogP contribution in [-0.2, 0) is 11.3 Å². The molecule has 0 aliphatic heterocycles. The Kier molecular flexibility index (Phi) is 3.52. The van der Waals surface area contributed by atoms with Gasteiger partial charge in [0.2, 0.25) is 0 Å². The van der Waals surface area contributed by atoms with Crippen molar-refractivity contribution in [3.8, 4) is 0 Å². The van der Waals surface area contributed by atoms with Crippen LogP contribution in [-0.4, -0.2) is 17.3 Å². The molecule has 0 unspecified atom stereocenters. The van der Waals surface area contributed by atoms with Gasteiger partial charge in [-0.25, -0.2) is 0 Å². The number of benzene rings is 1. The zero-order valence-electron chi connectivity index (χ0n) is 9.61. The molecule has 0 radical (unpaired) electrons. The van der Waals surface area contributed by atoms with E-state index in [1.807, 2.05) is 26.0 Å². The number of fused-ring (bicyclic) bond motifs is 1. The van der Waals surface area contributed by atoms with E-state index in [1.54, 1.807) is 0 Å². The fourth-order valence-corrected chi connectivity index (χ4v) is 2.08. The van der Waals surface area contributed by atoms with Gasteiger partial charge in [-0.2, -0.15) is 0 Å². The second kappa shape index (κ2) is 4.89. The number of nitrogens with zero attached hydrogens (tertiary/aromatic N) is 1. The van der Waals surface area contributed by atoms with Gasteiger partial charge in [-0.3, -0.25) is 0 Å². The molecule has 2 aromatic rings. The summed E-state index contributed by atoms with van der Waals surface area (Å²) in [7, 11) is 0. The molecule has 0 saturated heterocycles. The number of hydrogen-bond acceptors (Lipinski definition) is 1. The summed E-state index contributed by atoms with van der Waals surface area (Å²) in [6.07, 6.45) is 2.33. The highest BCUT2D eigenvalue weighted by Gasteiger charge is 2.04. The summed E-state index contributed by atoms with van der Waals surface area (Å²) in [4.78, 5) is 0. The van der Waals surface area contributed by atoms with Crippen molar-refractivity contribution in [2.24, 2.45) is 0 Å². The van der Waals surface area contributed by atoms with Crippen LogP contribution in [0.25, 0.3) is 10.9 Å². The predicted molar refractivity (Wildman–Crippen MR) is 68.0 cm³/mol. The van der Waals surface area contributed by atoms with Gasteiger partial charge in [0.1, 0.15) is 0 Å². The van der Waals surface area contributed by atoms with Crippen molar-refractivity contribution in [3.63, 3.8) is 0 Å². The van der Waals surface area contributed by atoms with E-state index in [0.29, 0.717) is 6.61 Å². The topological polar surface area (TPSA) is 14.2 Å². The molecular weight excluding hydrogens is 222 g/mol. The lowest BCUT2D eigenvalue weighted by Crippen LogP contribution is -2.09. The van der Waals surface area contributed by atoms with E-state index in [1.165, 1.54) is 5.39 Å². The molecule has 16 heavy (non-hydrogen) atoms. The van der Waals surface area contributed by atoms with Gasteiger partial charge < -0.3 is 9.30 Å². The summed E-state index contributed by atoms with van der Waals surface area (Å²) in [5.74, 6) is 0. The minimum Gasteiger partial charge on any atom is -0.377 e. The standard InChI is InChI=1S/C13H16ClNO/c1-10(2)16-9-8-15-7-6-11-4-3-5-12(14)13(11)15/h3-7,10H,8-9H2,1-2H3. The Bertz CT molecular complexity index is 476. The molecule has 0 fully saturated rings. The molecule has 0 spiro atoms. The molecule has 2 rings (SSSR count). The van der Waals surface area contributed by atoms with Crippen LogP contribution < -0.4 is 0 Å². The van der Waals surface area contributed by atoms with Crippen LogP contribution in [0.3, 0.4) is 0 Å². The zero-order valence-corrected chi connectivity index (χ0v) is 10.4. The smallest absolute Gasteiger partial charge is 0.0670 e. The largest absolute Gasteiger partial charge is 0.377 e. The lowest BCUT2D eigenvalue weighted by molar-refractivity contribution is 0.0733. The van der Waals surface area contributed by atoms with Crippen LogP contribution in [0.15, 0.2) is 30.5 Å². The second-order valence-electron chi connectivity index (χ2n) is 4.11. The highest BCUT2D eigenvalue weighted by atomic mass is 35.5. The predicted octanol–water partition coefficient (Wildman–Crippen LogP) is 3.72. The fraction of sp³-hybridized carbons (Fsp3) is 0.385. The van der Waals surface area contributed by atoms with E-state index in [9.17, 15) is 0 Å². The van der Waals surface area contributed by atoms with Gasteiger partial charge in [-0.05, 0) is 26.0 Å². The summed E-state index contributed by atoms with van der Waals surface area (Å²) in [5.41, 5.74) is 1.09. The van der Waals surface area contributed by atoms with Gasteiger partial charge in [-0.1, -0.05) is 23.7 Å². The van der Waals surface area contributed by atoms with Gasteiger partial charge in [0.15, 0.2) is 0 Å². The van der Waals surface area contributed by atoms with Crippen molar-refractivity contribution < 1.29 is 4.74 Å². The lowest BCUT2D eigenvalue weighted by Gasteiger charge is -2.09. The van der Waals surface area contributed by atoms with Crippen LogP contribution in [0.5, 0.6) is 0 Å². The molecule has 0 aliphatic rings. The molecule has 86 valence electrons. The minimum absolute atomic E-state index is 0.275. The molecule has 0 N–H and O–H groups in total. The third-order valence-corrected chi connectivity index (χ3v) is 2.83. The van der Waals surface area contributed by atoms with Gasteiger partial charge in [0, 0.05) is 18.1 Å². The zero-order chi connectivity index (χ0) is 11.5. The molecule has 1 aromatic heterocycles. The van der Waals surface area contributed by atoms with Crippen molar-refractivity contribution in [3.05, 3.63) is 35.5 Å². The van der Waals surface area contributed by atoms with Gasteiger partial charge >= 0.3 is 0 Å². The van der Waals surface area contributed by atoms with E-state index in [-0.39, 0.29) is 6.10 Å². The highest BCUT2D eigenvalue weighted by molar-refractivity contribution is 6.35. The number of para-hydroxylation sites is 1. The first kappa shape index (κ1) is 11.5. The van der Waals surface area contributed by atoms with E-state index >= 15 is 0 Å². The Balaban J connectivity index is 2.18. The van der Waals surface area contributed by atoms with Gasteiger partial charge in [0.25, 0.3) is 0 Å². The molecule has 3 heteroatoms. The highest BCUT2D eigenvalue weighted by Crippen LogP contribution is 2.24. The second-order valence-corrected chi connectivity index (χ2v) is 4.51. The average Bonchev–Trinajstić information content (AvgIpc) is 2.62. The van der Waals surface area contributed by atoms with Crippen molar-refractivity contribution in [1.29, 1.82) is 0 Å². The van der Waals surface area contributed by atoms with Crippen LogP contribution in [0.2, 0.25) is 5.02 Å². The molecular formula is C13H16ClNO. The Labute approximate surface area is 101 Å². The summed E-state index contributed by atoms with van der Waals surface area (Å²) < 4.78 is 7.68. The Morgan fingerprint density at radius 2 is 2.12 bits per heavy atom. The monoisotopic (exact) mass is 237 g/mol. The third-order valence-electron chi connectivity index (χ3n) is 2.52. The maximum Gasteiger partial charge on any atom is 0.0670 e. The summed E-state index contributed by atoms with van der Waals surface area (Å²) in [6, 6.07) is 8.04. The Morgan fingerprint density at radius 1 is 1.31 bits per heavy atom. The summed E-state index contributed by atoms with van der Waals surface area (Å²) in [5, 5.41) is 1.98. The fourth-order valence-electron chi connectivity index (χ4n) is 1.79. The van der Waals surface area contributed by atoms with Crippen LogP contribution in [0.4, 0.5) is 0 Å². The molecule has 0 bridgehead atoms. The molecule has 0 saturated carbocycles. The van der Waals surface area contributed by atoms with Crippen LogP contribution >= 0.6 is 11.6 Å². The number of aromatic nitrogens is 1. The molecule has 1 aromatic carbocycles. The van der Waals surface area contributed by atoms with Crippen LogP contribution in [0, 0.1) is 0 Å². The Morgan fingerprint density at radius 3 is 2.88 bits per heavy atom. The molecule has 0 amide bonds. The SMILES string of the molecule is CC(C)OCCn1ccc2cccc(Cl)c21. The molecule has 0 atom stereocenters. The maximum absolute atomic E-state index is 6.18. The van der Waals surface area contributed by atoms with Crippen molar-refractivity contribution in [2.45, 2.75) is 26.5 Å². The van der Waals surface area contributed by atoms with Crippen molar-refractivity contribution in [2.75, 3.05) is 6.61 Å². The van der Waals surface area contributed by atoms with Crippen molar-refractivity contribution in [1.82, 2.24) is 4.57 Å². The van der Waals surface area contributed by atoms with Gasteiger partial charge in [0.05, 0.1) is 23.3 Å². The molecule has 0 aliphatic carbocycles. The first-order valence-corrected chi connectivity index (χ1v) is 5.91. The minimum atomic E-state index is 0.275. The van der Waals surface area contributed by atoms with E-state index in [2.05, 4.69) is 22.9 Å². The quantitative estimate of drug-likeness (QED) is 0.791. The maximum atomic E-state index is 6.18. The number of hydrogen-bond donors (Lipinski definition) is 0. The number of rotatable bonds is 4. The lowest BCUT2D eigenvalue weighted by atomic mass is 10.2. The summed E-state index contributed by atoms with van der Waals surface area (Å²) in [6.45, 7) is 5.64. The molecule has 2 nitrogen and oxygen atoms in total. The first-order chi connectivity index (χ1) is 7.68. The van der Waals surface area contributed by atoms with E-state index < -0.39 is 0 Å². The van der Waals surface area contributed by atoms with Crippen LogP contribution in [0.1, 0.15) is 13.8 Å².